The molecular formula is C21H28F6N2O6. The average molecular weight is 518 g/mol. The minimum Gasteiger partial charge on any atom is -0.497 e. The molecule has 0 radical (unpaired) electrons. The molecule has 0 saturated carbocycles. The van der Waals surface area contributed by atoms with Crippen LogP contribution in [0.15, 0.2) is 24.3 Å². The zero-order chi connectivity index (χ0) is 27.0. The molecule has 2 heterocycles. The number of fused-ring (bicyclic) bond motifs is 1. The molecule has 0 aliphatic carbocycles. The van der Waals surface area contributed by atoms with Crippen LogP contribution in [-0.4, -0.2) is 97.4 Å². The molecular weight excluding hydrogens is 490 g/mol. The Kier molecular flexibility index (Phi) is 11.2. The first kappa shape index (κ1) is 30.5. The fourth-order valence-corrected chi connectivity index (χ4v) is 3.59. The highest BCUT2D eigenvalue weighted by atomic mass is 19.4. The van der Waals surface area contributed by atoms with Gasteiger partial charge in [0.15, 0.2) is 0 Å². The Bertz CT molecular complexity index is 778. The number of carboxylic acids is 2. The van der Waals surface area contributed by atoms with Gasteiger partial charge in [-0.05, 0) is 38.2 Å². The standard InChI is InChI=1S/C17H26N2O2.2C2HF3O2/c1-18(2)11-16-8-14-10-19(12-17(14)21-16)9-13-4-6-15(20-3)7-5-13;2*3-2(4,5)1(6)7/h4-7,14,16-17H,8-12H2,1-3H3;2*(H,6,7)/t14-,16-,17+;;/m1../s1. The van der Waals surface area contributed by atoms with E-state index in [0.717, 1.165) is 25.4 Å². The Morgan fingerprint density at radius 3 is 1.89 bits per heavy atom. The van der Waals surface area contributed by atoms with Gasteiger partial charge in [0.1, 0.15) is 5.75 Å². The second kappa shape index (κ2) is 12.9. The summed E-state index contributed by atoms with van der Waals surface area (Å²) in [5.41, 5.74) is 1.35. The third-order valence-corrected chi connectivity index (χ3v) is 5.01. The van der Waals surface area contributed by atoms with Crippen LogP contribution in [-0.2, 0) is 20.9 Å². The number of rotatable bonds is 5. The summed E-state index contributed by atoms with van der Waals surface area (Å²) >= 11 is 0. The van der Waals surface area contributed by atoms with Gasteiger partial charge in [0.05, 0.1) is 19.3 Å². The normalized spacial score (nSPS) is 21.9. The number of halogens is 6. The molecule has 2 saturated heterocycles. The molecule has 0 aromatic heterocycles. The lowest BCUT2D eigenvalue weighted by atomic mass is 10.0. The van der Waals surface area contributed by atoms with E-state index >= 15 is 0 Å². The third-order valence-electron chi connectivity index (χ3n) is 5.01. The quantitative estimate of drug-likeness (QED) is 0.574. The zero-order valence-electron chi connectivity index (χ0n) is 19.3. The molecule has 2 aliphatic heterocycles. The first-order valence-corrected chi connectivity index (χ1v) is 10.3. The summed E-state index contributed by atoms with van der Waals surface area (Å²) in [6, 6.07) is 8.39. The summed E-state index contributed by atoms with van der Waals surface area (Å²) in [6.45, 7) is 4.30. The molecule has 3 rings (SSSR count). The van der Waals surface area contributed by atoms with Gasteiger partial charge < -0.3 is 24.6 Å². The van der Waals surface area contributed by atoms with E-state index in [4.69, 9.17) is 29.3 Å². The van der Waals surface area contributed by atoms with E-state index in [0.29, 0.717) is 18.1 Å². The predicted octanol–water partition coefficient (Wildman–Crippen LogP) is 3.11. The number of ether oxygens (including phenoxy) is 2. The smallest absolute Gasteiger partial charge is 0.490 e. The van der Waals surface area contributed by atoms with E-state index in [9.17, 15) is 26.3 Å². The summed E-state index contributed by atoms with van der Waals surface area (Å²) in [5, 5.41) is 14.2. The van der Waals surface area contributed by atoms with Gasteiger partial charge in [-0.3, -0.25) is 4.90 Å². The number of likely N-dealkylation sites (N-methyl/N-ethyl adjacent to an activating group) is 1. The molecule has 3 atom stereocenters. The van der Waals surface area contributed by atoms with Crippen LogP contribution in [0.3, 0.4) is 0 Å². The van der Waals surface area contributed by atoms with Crippen molar-refractivity contribution >= 4 is 11.9 Å². The van der Waals surface area contributed by atoms with Crippen molar-refractivity contribution in [2.75, 3.05) is 40.8 Å². The van der Waals surface area contributed by atoms with E-state index < -0.39 is 24.3 Å². The summed E-state index contributed by atoms with van der Waals surface area (Å²) in [6.07, 6.45) is -8.09. The Hall–Kier alpha value is -2.58. The molecule has 2 N–H and O–H groups in total. The minimum absolute atomic E-state index is 0.429. The minimum atomic E-state index is -5.08. The van der Waals surface area contributed by atoms with Gasteiger partial charge in [-0.1, -0.05) is 12.1 Å². The summed E-state index contributed by atoms with van der Waals surface area (Å²) in [7, 11) is 5.94. The van der Waals surface area contributed by atoms with Crippen LogP contribution in [0.2, 0.25) is 0 Å². The Morgan fingerprint density at radius 2 is 1.51 bits per heavy atom. The maximum Gasteiger partial charge on any atom is 0.490 e. The largest absolute Gasteiger partial charge is 0.497 e. The molecule has 0 bridgehead atoms. The van der Waals surface area contributed by atoms with Gasteiger partial charge in [0, 0.05) is 32.1 Å². The molecule has 200 valence electrons. The number of alkyl halides is 6. The second-order valence-corrected chi connectivity index (χ2v) is 8.20. The van der Waals surface area contributed by atoms with Crippen molar-refractivity contribution in [3.63, 3.8) is 0 Å². The van der Waals surface area contributed by atoms with Gasteiger partial charge >= 0.3 is 24.3 Å². The lowest BCUT2D eigenvalue weighted by Crippen LogP contribution is -2.29. The number of hydrogen-bond donors (Lipinski definition) is 2. The molecule has 0 spiro atoms. The van der Waals surface area contributed by atoms with Gasteiger partial charge in [0.25, 0.3) is 0 Å². The van der Waals surface area contributed by atoms with Crippen LogP contribution in [0.5, 0.6) is 5.75 Å². The second-order valence-electron chi connectivity index (χ2n) is 8.20. The number of carbonyl (C=O) groups is 2. The first-order chi connectivity index (χ1) is 16.0. The number of methoxy groups -OCH3 is 1. The molecule has 2 fully saturated rings. The lowest BCUT2D eigenvalue weighted by Gasteiger charge is -2.21. The number of benzene rings is 1. The maximum absolute atomic E-state index is 10.6. The third kappa shape index (κ3) is 11.1. The molecule has 14 heteroatoms. The van der Waals surface area contributed by atoms with Gasteiger partial charge in [0.2, 0.25) is 0 Å². The molecule has 2 aliphatic rings. The average Bonchev–Trinajstić information content (AvgIpc) is 3.25. The van der Waals surface area contributed by atoms with Crippen LogP contribution in [0.4, 0.5) is 26.3 Å². The predicted molar refractivity (Wildman–Crippen MR) is 111 cm³/mol. The van der Waals surface area contributed by atoms with Crippen molar-refractivity contribution in [2.45, 2.75) is 37.5 Å². The van der Waals surface area contributed by atoms with Crippen molar-refractivity contribution in [1.29, 1.82) is 0 Å². The van der Waals surface area contributed by atoms with Crippen LogP contribution in [0, 0.1) is 5.92 Å². The zero-order valence-corrected chi connectivity index (χ0v) is 19.3. The van der Waals surface area contributed by atoms with E-state index in [1.807, 2.05) is 12.1 Å². The van der Waals surface area contributed by atoms with Crippen molar-refractivity contribution < 1.29 is 55.6 Å². The Balaban J connectivity index is 0.000000362. The summed E-state index contributed by atoms with van der Waals surface area (Å²) in [5.74, 6) is -3.87. The highest BCUT2D eigenvalue weighted by Gasteiger charge is 2.42. The van der Waals surface area contributed by atoms with E-state index in [1.165, 1.54) is 18.5 Å². The molecule has 1 aromatic rings. The van der Waals surface area contributed by atoms with Crippen molar-refractivity contribution in [2.24, 2.45) is 5.92 Å². The van der Waals surface area contributed by atoms with Crippen molar-refractivity contribution in [1.82, 2.24) is 9.80 Å². The van der Waals surface area contributed by atoms with E-state index in [2.05, 4.69) is 36.0 Å². The van der Waals surface area contributed by atoms with Crippen molar-refractivity contribution in [3.05, 3.63) is 29.8 Å². The van der Waals surface area contributed by atoms with E-state index in [1.54, 1.807) is 7.11 Å². The van der Waals surface area contributed by atoms with Crippen LogP contribution < -0.4 is 4.74 Å². The lowest BCUT2D eigenvalue weighted by molar-refractivity contribution is -0.193. The monoisotopic (exact) mass is 518 g/mol. The summed E-state index contributed by atoms with van der Waals surface area (Å²) < 4.78 is 74.9. The molecule has 35 heavy (non-hydrogen) atoms. The fourth-order valence-electron chi connectivity index (χ4n) is 3.59. The van der Waals surface area contributed by atoms with Crippen LogP contribution in [0.25, 0.3) is 0 Å². The maximum atomic E-state index is 10.6. The highest BCUT2D eigenvalue weighted by Crippen LogP contribution is 2.33. The Morgan fingerprint density at radius 1 is 1.03 bits per heavy atom. The molecule has 8 nitrogen and oxygen atoms in total. The first-order valence-electron chi connectivity index (χ1n) is 10.3. The van der Waals surface area contributed by atoms with Gasteiger partial charge in [-0.15, -0.1) is 0 Å². The highest BCUT2D eigenvalue weighted by molar-refractivity contribution is 5.73. The van der Waals surface area contributed by atoms with E-state index in [-0.39, 0.29) is 0 Å². The fraction of sp³-hybridized carbons (Fsp3) is 0.619. The molecule has 0 amide bonds. The molecule has 0 unspecified atom stereocenters. The Labute approximate surface area is 198 Å². The number of likely N-dealkylation sites (tertiary alicyclic amines) is 1. The van der Waals surface area contributed by atoms with Gasteiger partial charge in [-0.25, -0.2) is 9.59 Å². The number of hydrogen-bond acceptors (Lipinski definition) is 6. The van der Waals surface area contributed by atoms with Gasteiger partial charge in [-0.2, -0.15) is 26.3 Å². The number of nitrogens with zero attached hydrogens (tertiary/aromatic N) is 2. The molecule has 1 aromatic carbocycles. The van der Waals surface area contributed by atoms with Crippen LogP contribution in [0.1, 0.15) is 12.0 Å². The number of carboxylic acid groups (broad SMARTS) is 2. The number of aliphatic carboxylic acids is 2. The van der Waals surface area contributed by atoms with Crippen molar-refractivity contribution in [3.8, 4) is 5.75 Å². The SMILES string of the molecule is COc1ccc(CN2C[C@H]3C[C@H](CN(C)C)O[C@H]3C2)cc1.O=C(O)C(F)(F)F.O=C(O)C(F)(F)F. The topological polar surface area (TPSA) is 99.5 Å². The van der Waals surface area contributed by atoms with Crippen LogP contribution >= 0.6 is 0 Å². The summed E-state index contributed by atoms with van der Waals surface area (Å²) in [4.78, 5) is 22.5.